The van der Waals surface area contributed by atoms with Crippen LogP contribution in [0.15, 0.2) is 47.4 Å². The molecular weight excluding hydrogens is 336 g/mol. The lowest BCUT2D eigenvalue weighted by Crippen LogP contribution is -2.14. The van der Waals surface area contributed by atoms with Crippen LogP contribution in [0.2, 0.25) is 0 Å². The standard InChI is InChI=1S/C15H18N2O4S2/c1-11-4-9-15(12(2)10-11)17-23(20,21)14-7-5-13(6-8-14)16-22(3,18)19/h4-10,16-17H,1-3H3. The number of nitrogens with one attached hydrogen (secondary N) is 2. The smallest absolute Gasteiger partial charge is 0.261 e. The number of aryl methyl sites for hydroxylation is 2. The molecule has 0 saturated carbocycles. The van der Waals surface area contributed by atoms with Gasteiger partial charge in [0, 0.05) is 5.69 Å². The van der Waals surface area contributed by atoms with Crippen molar-refractivity contribution in [2.24, 2.45) is 0 Å². The van der Waals surface area contributed by atoms with Gasteiger partial charge in [0.25, 0.3) is 10.0 Å². The molecule has 0 bridgehead atoms. The highest BCUT2D eigenvalue weighted by Gasteiger charge is 2.15. The van der Waals surface area contributed by atoms with Crippen LogP contribution < -0.4 is 9.44 Å². The largest absolute Gasteiger partial charge is 0.284 e. The number of benzene rings is 2. The number of hydrogen-bond acceptors (Lipinski definition) is 4. The maximum atomic E-state index is 12.4. The van der Waals surface area contributed by atoms with Crippen molar-refractivity contribution in [3.63, 3.8) is 0 Å². The first-order valence-electron chi connectivity index (χ1n) is 6.75. The summed E-state index contributed by atoms with van der Waals surface area (Å²) in [6.07, 6.45) is 1.03. The number of sulfonamides is 2. The monoisotopic (exact) mass is 354 g/mol. The fourth-order valence-electron chi connectivity index (χ4n) is 2.05. The zero-order valence-corrected chi connectivity index (χ0v) is 14.6. The minimum absolute atomic E-state index is 0.0523. The van der Waals surface area contributed by atoms with Crippen LogP contribution >= 0.6 is 0 Å². The average Bonchev–Trinajstić information content (AvgIpc) is 2.41. The second-order valence-electron chi connectivity index (χ2n) is 5.32. The molecule has 124 valence electrons. The van der Waals surface area contributed by atoms with Crippen molar-refractivity contribution in [2.75, 3.05) is 15.7 Å². The quantitative estimate of drug-likeness (QED) is 0.863. The number of hydrogen-bond donors (Lipinski definition) is 2. The molecule has 0 aliphatic rings. The highest BCUT2D eigenvalue weighted by atomic mass is 32.2. The summed E-state index contributed by atoms with van der Waals surface area (Å²) < 4.78 is 51.9. The molecule has 0 amide bonds. The molecule has 2 aromatic rings. The summed E-state index contributed by atoms with van der Waals surface area (Å²) in [4.78, 5) is 0.0523. The van der Waals surface area contributed by atoms with Gasteiger partial charge in [0.1, 0.15) is 0 Å². The first-order valence-corrected chi connectivity index (χ1v) is 10.1. The van der Waals surface area contributed by atoms with E-state index in [1.54, 1.807) is 6.07 Å². The van der Waals surface area contributed by atoms with Gasteiger partial charge < -0.3 is 0 Å². The lowest BCUT2D eigenvalue weighted by Gasteiger charge is -2.12. The zero-order valence-electron chi connectivity index (χ0n) is 13.0. The van der Waals surface area contributed by atoms with Crippen LogP contribution in [0.1, 0.15) is 11.1 Å². The predicted molar refractivity (Wildman–Crippen MR) is 91.6 cm³/mol. The van der Waals surface area contributed by atoms with E-state index in [4.69, 9.17) is 0 Å². The van der Waals surface area contributed by atoms with Crippen molar-refractivity contribution in [3.05, 3.63) is 53.6 Å². The van der Waals surface area contributed by atoms with Crippen molar-refractivity contribution in [1.82, 2.24) is 0 Å². The fraction of sp³-hybridized carbons (Fsp3) is 0.200. The summed E-state index contributed by atoms with van der Waals surface area (Å²) in [6.45, 7) is 3.75. The Morgan fingerprint density at radius 2 is 1.43 bits per heavy atom. The maximum Gasteiger partial charge on any atom is 0.261 e. The van der Waals surface area contributed by atoms with Crippen molar-refractivity contribution >= 4 is 31.4 Å². The zero-order chi connectivity index (χ0) is 17.3. The molecule has 2 N–H and O–H groups in total. The molecule has 0 heterocycles. The molecular formula is C15H18N2O4S2. The molecule has 0 unspecified atom stereocenters. The Morgan fingerprint density at radius 1 is 0.826 bits per heavy atom. The Hall–Kier alpha value is -2.06. The summed E-state index contributed by atoms with van der Waals surface area (Å²) in [5.74, 6) is 0. The average molecular weight is 354 g/mol. The summed E-state index contributed by atoms with van der Waals surface area (Å²) >= 11 is 0. The lowest BCUT2D eigenvalue weighted by atomic mass is 10.1. The van der Waals surface area contributed by atoms with E-state index < -0.39 is 20.0 Å². The minimum Gasteiger partial charge on any atom is -0.284 e. The lowest BCUT2D eigenvalue weighted by molar-refractivity contribution is 0.601. The first kappa shape index (κ1) is 17.3. The van der Waals surface area contributed by atoms with Crippen LogP contribution in [-0.2, 0) is 20.0 Å². The van der Waals surface area contributed by atoms with Crippen LogP contribution in [0.5, 0.6) is 0 Å². The van der Waals surface area contributed by atoms with Crippen LogP contribution in [0.3, 0.4) is 0 Å². The Balaban J connectivity index is 2.26. The molecule has 0 aromatic heterocycles. The third kappa shape index (κ3) is 4.70. The Kier molecular flexibility index (Phi) is 4.67. The van der Waals surface area contributed by atoms with Gasteiger partial charge >= 0.3 is 0 Å². The normalized spacial score (nSPS) is 12.0. The third-order valence-electron chi connectivity index (χ3n) is 3.09. The molecule has 0 aliphatic carbocycles. The van der Waals surface area contributed by atoms with Crippen molar-refractivity contribution in [3.8, 4) is 0 Å². The Morgan fingerprint density at radius 3 is 1.96 bits per heavy atom. The third-order valence-corrected chi connectivity index (χ3v) is 5.08. The van der Waals surface area contributed by atoms with E-state index in [-0.39, 0.29) is 4.90 Å². The SMILES string of the molecule is Cc1ccc(NS(=O)(=O)c2ccc(NS(C)(=O)=O)cc2)c(C)c1. The van der Waals surface area contributed by atoms with E-state index in [1.807, 2.05) is 26.0 Å². The minimum atomic E-state index is -3.74. The Labute approximate surface area is 136 Å². The highest BCUT2D eigenvalue weighted by Crippen LogP contribution is 2.22. The van der Waals surface area contributed by atoms with Crippen LogP contribution in [0.4, 0.5) is 11.4 Å². The van der Waals surface area contributed by atoms with Gasteiger partial charge in [-0.25, -0.2) is 16.8 Å². The van der Waals surface area contributed by atoms with E-state index in [2.05, 4.69) is 9.44 Å². The van der Waals surface area contributed by atoms with Crippen molar-refractivity contribution in [1.29, 1.82) is 0 Å². The van der Waals surface area contributed by atoms with E-state index in [1.165, 1.54) is 24.3 Å². The molecule has 6 nitrogen and oxygen atoms in total. The molecule has 0 aliphatic heterocycles. The molecule has 0 saturated heterocycles. The van der Waals surface area contributed by atoms with Gasteiger partial charge in [0.05, 0.1) is 16.8 Å². The van der Waals surface area contributed by atoms with Crippen LogP contribution in [-0.4, -0.2) is 23.1 Å². The topological polar surface area (TPSA) is 92.3 Å². The second-order valence-corrected chi connectivity index (χ2v) is 8.75. The molecule has 0 fully saturated rings. The van der Waals surface area contributed by atoms with Gasteiger partial charge in [0.2, 0.25) is 10.0 Å². The molecule has 8 heteroatoms. The van der Waals surface area contributed by atoms with Gasteiger partial charge in [-0.2, -0.15) is 0 Å². The summed E-state index contributed by atoms with van der Waals surface area (Å²) in [6, 6.07) is 10.9. The summed E-state index contributed by atoms with van der Waals surface area (Å²) in [7, 11) is -7.14. The van der Waals surface area contributed by atoms with Gasteiger partial charge in [-0.15, -0.1) is 0 Å². The number of anilines is 2. The van der Waals surface area contributed by atoms with Crippen LogP contribution in [0.25, 0.3) is 0 Å². The predicted octanol–water partition coefficient (Wildman–Crippen LogP) is 2.48. The molecule has 0 atom stereocenters. The molecule has 0 spiro atoms. The molecule has 0 radical (unpaired) electrons. The highest BCUT2D eigenvalue weighted by molar-refractivity contribution is 7.92. The van der Waals surface area contributed by atoms with E-state index in [0.29, 0.717) is 11.4 Å². The summed E-state index contributed by atoms with van der Waals surface area (Å²) in [5, 5.41) is 0. The van der Waals surface area contributed by atoms with Crippen LogP contribution in [0, 0.1) is 13.8 Å². The molecule has 2 rings (SSSR count). The van der Waals surface area contributed by atoms with E-state index in [9.17, 15) is 16.8 Å². The van der Waals surface area contributed by atoms with E-state index in [0.717, 1.165) is 17.4 Å². The Bertz CT molecular complexity index is 918. The van der Waals surface area contributed by atoms with E-state index >= 15 is 0 Å². The maximum absolute atomic E-state index is 12.4. The van der Waals surface area contributed by atoms with Crippen molar-refractivity contribution in [2.45, 2.75) is 18.7 Å². The van der Waals surface area contributed by atoms with Gasteiger partial charge in [-0.05, 0) is 49.7 Å². The fourth-order valence-corrected chi connectivity index (χ4v) is 3.74. The molecule has 23 heavy (non-hydrogen) atoms. The molecule has 2 aromatic carbocycles. The van der Waals surface area contributed by atoms with Crippen molar-refractivity contribution < 1.29 is 16.8 Å². The second kappa shape index (κ2) is 6.21. The summed E-state index contributed by atoms with van der Waals surface area (Å²) in [5.41, 5.74) is 2.68. The van der Waals surface area contributed by atoms with Gasteiger partial charge in [-0.3, -0.25) is 9.44 Å². The van der Waals surface area contributed by atoms with Gasteiger partial charge in [0.15, 0.2) is 0 Å². The first-order chi connectivity index (χ1) is 10.6. The number of rotatable bonds is 5. The van der Waals surface area contributed by atoms with Gasteiger partial charge in [-0.1, -0.05) is 17.7 Å².